The van der Waals surface area contributed by atoms with E-state index < -0.39 is 17.8 Å². The van der Waals surface area contributed by atoms with Crippen molar-refractivity contribution in [2.45, 2.75) is 110 Å². The van der Waals surface area contributed by atoms with Gasteiger partial charge in [0.2, 0.25) is 5.91 Å². The number of carboxylic acids is 1. The molecule has 0 radical (unpaired) electrons. The van der Waals surface area contributed by atoms with Crippen LogP contribution in [0.5, 0.6) is 0 Å². The first-order valence-corrected chi connectivity index (χ1v) is 10.1. The Hall–Kier alpha value is -1.06. The molecule has 1 unspecified atom stereocenters. The highest BCUT2D eigenvalue weighted by Crippen LogP contribution is 2.18. The molecule has 0 rings (SSSR count). The molecule has 0 saturated carbocycles. The maximum Gasteiger partial charge on any atom is 0.306 e. The minimum atomic E-state index is -0.796. The van der Waals surface area contributed by atoms with E-state index in [0.29, 0.717) is 12.8 Å². The lowest BCUT2D eigenvalue weighted by atomic mass is 9.95. The SMILES string of the molecule is CCCCCCCCCCCCCCCC(CCC(N)=O)C(=O)O. The first-order chi connectivity index (χ1) is 11.6. The van der Waals surface area contributed by atoms with Crippen LogP contribution >= 0.6 is 0 Å². The van der Waals surface area contributed by atoms with Gasteiger partial charge in [-0.2, -0.15) is 0 Å². The first kappa shape index (κ1) is 22.9. The molecule has 0 aromatic heterocycles. The number of carboxylic acid groups (broad SMARTS) is 1. The highest BCUT2D eigenvalue weighted by molar-refractivity contribution is 5.75. The molecule has 4 nitrogen and oxygen atoms in total. The number of aliphatic carboxylic acids is 1. The number of rotatable bonds is 18. The Labute approximate surface area is 148 Å². The quantitative estimate of drug-likeness (QED) is 0.326. The molecule has 0 aromatic carbocycles. The van der Waals surface area contributed by atoms with E-state index in [2.05, 4.69) is 6.92 Å². The molecule has 1 amide bonds. The van der Waals surface area contributed by atoms with Crippen molar-refractivity contribution in [3.05, 3.63) is 0 Å². The van der Waals surface area contributed by atoms with Gasteiger partial charge < -0.3 is 10.8 Å². The summed E-state index contributed by atoms with van der Waals surface area (Å²) in [6.45, 7) is 2.25. The molecular weight excluding hydrogens is 302 g/mol. The number of unbranched alkanes of at least 4 members (excludes halogenated alkanes) is 12. The lowest BCUT2D eigenvalue weighted by molar-refractivity contribution is -0.142. The molecule has 3 N–H and O–H groups in total. The predicted octanol–water partition coefficient (Wildman–Crippen LogP) is 5.43. The van der Waals surface area contributed by atoms with Gasteiger partial charge in [-0.3, -0.25) is 9.59 Å². The minimum Gasteiger partial charge on any atom is -0.481 e. The van der Waals surface area contributed by atoms with Crippen LogP contribution in [0.25, 0.3) is 0 Å². The Morgan fingerprint density at radius 1 is 0.750 bits per heavy atom. The molecule has 0 aliphatic carbocycles. The van der Waals surface area contributed by atoms with Crippen molar-refractivity contribution in [2.24, 2.45) is 11.7 Å². The lowest BCUT2D eigenvalue weighted by Crippen LogP contribution is -2.18. The van der Waals surface area contributed by atoms with Crippen LogP contribution in [-0.2, 0) is 9.59 Å². The molecular formula is C20H39NO3. The molecule has 1 atom stereocenters. The molecule has 0 aliphatic heterocycles. The van der Waals surface area contributed by atoms with Crippen LogP contribution in [0.4, 0.5) is 0 Å². The predicted molar refractivity (Wildman–Crippen MR) is 99.9 cm³/mol. The van der Waals surface area contributed by atoms with Gasteiger partial charge in [-0.15, -0.1) is 0 Å². The van der Waals surface area contributed by atoms with E-state index in [9.17, 15) is 9.59 Å². The Morgan fingerprint density at radius 3 is 1.54 bits per heavy atom. The average Bonchev–Trinajstić information content (AvgIpc) is 2.54. The minimum absolute atomic E-state index is 0.176. The van der Waals surface area contributed by atoms with E-state index >= 15 is 0 Å². The van der Waals surface area contributed by atoms with E-state index in [1.807, 2.05) is 0 Å². The third-order valence-electron chi connectivity index (χ3n) is 4.74. The number of nitrogens with two attached hydrogens (primary N) is 1. The van der Waals surface area contributed by atoms with E-state index in [1.165, 1.54) is 70.6 Å². The number of hydrogen-bond donors (Lipinski definition) is 2. The van der Waals surface area contributed by atoms with E-state index in [4.69, 9.17) is 10.8 Å². The summed E-state index contributed by atoms with van der Waals surface area (Å²) in [6, 6.07) is 0. The summed E-state index contributed by atoms with van der Waals surface area (Å²) in [6.07, 6.45) is 18.0. The van der Waals surface area contributed by atoms with Crippen molar-refractivity contribution in [1.82, 2.24) is 0 Å². The van der Waals surface area contributed by atoms with Gasteiger partial charge in [-0.05, 0) is 12.8 Å². The van der Waals surface area contributed by atoms with Gasteiger partial charge in [0.15, 0.2) is 0 Å². The molecule has 24 heavy (non-hydrogen) atoms. The fraction of sp³-hybridized carbons (Fsp3) is 0.900. The van der Waals surface area contributed by atoms with Crippen LogP contribution in [0.2, 0.25) is 0 Å². The maximum absolute atomic E-state index is 11.1. The number of primary amides is 1. The van der Waals surface area contributed by atoms with Gasteiger partial charge >= 0.3 is 5.97 Å². The molecule has 0 spiro atoms. The van der Waals surface area contributed by atoms with Crippen LogP contribution in [0.15, 0.2) is 0 Å². The second-order valence-corrected chi connectivity index (χ2v) is 7.07. The summed E-state index contributed by atoms with van der Waals surface area (Å²) in [4.78, 5) is 21.9. The normalized spacial score (nSPS) is 12.2. The van der Waals surface area contributed by atoms with Gasteiger partial charge in [0, 0.05) is 6.42 Å². The van der Waals surface area contributed by atoms with E-state index in [0.717, 1.165) is 12.8 Å². The zero-order valence-electron chi connectivity index (χ0n) is 15.7. The van der Waals surface area contributed by atoms with Crippen molar-refractivity contribution in [3.63, 3.8) is 0 Å². The first-order valence-electron chi connectivity index (χ1n) is 10.1. The number of carbonyl (C=O) groups excluding carboxylic acids is 1. The van der Waals surface area contributed by atoms with Crippen molar-refractivity contribution in [3.8, 4) is 0 Å². The van der Waals surface area contributed by atoms with Crippen molar-refractivity contribution in [2.75, 3.05) is 0 Å². The fourth-order valence-electron chi connectivity index (χ4n) is 3.12. The molecule has 4 heteroatoms. The Morgan fingerprint density at radius 2 is 1.17 bits per heavy atom. The molecule has 0 heterocycles. The molecule has 0 aliphatic rings. The zero-order chi connectivity index (χ0) is 18.0. The second-order valence-electron chi connectivity index (χ2n) is 7.07. The van der Waals surface area contributed by atoms with Crippen molar-refractivity contribution >= 4 is 11.9 Å². The highest BCUT2D eigenvalue weighted by Gasteiger charge is 2.17. The third kappa shape index (κ3) is 15.8. The van der Waals surface area contributed by atoms with Gasteiger partial charge in [-0.1, -0.05) is 90.4 Å². The highest BCUT2D eigenvalue weighted by atomic mass is 16.4. The number of hydrogen-bond acceptors (Lipinski definition) is 2. The number of amides is 1. The second kappa shape index (κ2) is 16.8. The smallest absolute Gasteiger partial charge is 0.306 e. The topological polar surface area (TPSA) is 80.4 Å². The Balaban J connectivity index is 3.36. The van der Waals surface area contributed by atoms with Gasteiger partial charge in [0.25, 0.3) is 0 Å². The van der Waals surface area contributed by atoms with Crippen LogP contribution in [0.1, 0.15) is 110 Å². The monoisotopic (exact) mass is 341 g/mol. The summed E-state index contributed by atoms with van der Waals surface area (Å²) < 4.78 is 0. The van der Waals surface area contributed by atoms with Gasteiger partial charge in [0.1, 0.15) is 0 Å². The Kier molecular flexibility index (Phi) is 16.0. The van der Waals surface area contributed by atoms with Gasteiger partial charge in [-0.25, -0.2) is 0 Å². The molecule has 0 saturated heterocycles. The van der Waals surface area contributed by atoms with Gasteiger partial charge in [0.05, 0.1) is 5.92 Å². The van der Waals surface area contributed by atoms with Crippen LogP contribution < -0.4 is 5.73 Å². The van der Waals surface area contributed by atoms with Crippen molar-refractivity contribution in [1.29, 1.82) is 0 Å². The summed E-state index contributed by atoms with van der Waals surface area (Å²) >= 11 is 0. The molecule has 142 valence electrons. The zero-order valence-corrected chi connectivity index (χ0v) is 15.7. The summed E-state index contributed by atoms with van der Waals surface area (Å²) in [7, 11) is 0. The number of carbonyl (C=O) groups is 2. The summed E-state index contributed by atoms with van der Waals surface area (Å²) in [5, 5.41) is 9.13. The Bertz CT molecular complexity index is 318. The van der Waals surface area contributed by atoms with Crippen LogP contribution in [0, 0.1) is 5.92 Å². The van der Waals surface area contributed by atoms with Crippen LogP contribution in [-0.4, -0.2) is 17.0 Å². The fourth-order valence-corrected chi connectivity index (χ4v) is 3.12. The van der Waals surface area contributed by atoms with Crippen molar-refractivity contribution < 1.29 is 14.7 Å². The van der Waals surface area contributed by atoms with E-state index in [-0.39, 0.29) is 6.42 Å². The molecule has 0 fully saturated rings. The average molecular weight is 342 g/mol. The van der Waals surface area contributed by atoms with Crippen LogP contribution in [0.3, 0.4) is 0 Å². The summed E-state index contributed by atoms with van der Waals surface area (Å²) in [5.74, 6) is -1.62. The standard InChI is InChI=1S/C20H39NO3/c1-2-3-4-5-6-7-8-9-10-11-12-13-14-15-18(20(23)24)16-17-19(21)22/h18H,2-17H2,1H3,(H2,21,22)(H,23,24). The maximum atomic E-state index is 11.1. The molecule has 0 aromatic rings. The third-order valence-corrected chi connectivity index (χ3v) is 4.74. The summed E-state index contributed by atoms with van der Waals surface area (Å²) in [5.41, 5.74) is 5.08. The largest absolute Gasteiger partial charge is 0.481 e. The lowest BCUT2D eigenvalue weighted by Gasteiger charge is -2.10. The van der Waals surface area contributed by atoms with E-state index in [1.54, 1.807) is 0 Å². The molecule has 0 bridgehead atoms.